The number of hydrogen-bond donors (Lipinski definition) is 0. The molecule has 1 heterocycles. The number of rotatable bonds is 5. The Morgan fingerprint density at radius 2 is 1.86 bits per heavy atom. The zero-order valence-electron chi connectivity index (χ0n) is 11.6. The van der Waals surface area contributed by atoms with Crippen molar-refractivity contribution in [2.24, 2.45) is 0 Å². The van der Waals surface area contributed by atoms with Crippen molar-refractivity contribution in [2.75, 3.05) is 0 Å². The Kier molecular flexibility index (Phi) is 4.16. The zero-order chi connectivity index (χ0) is 15.7. The van der Waals surface area contributed by atoms with E-state index in [-0.39, 0.29) is 28.5 Å². The van der Waals surface area contributed by atoms with Crippen LogP contribution in [-0.4, -0.2) is 23.7 Å². The number of halogens is 2. The normalized spacial score (nSPS) is 15.2. The minimum absolute atomic E-state index is 0.00858. The molecule has 0 saturated heterocycles. The van der Waals surface area contributed by atoms with Gasteiger partial charge in [0.05, 0.1) is 0 Å². The molecular weight excluding hydrogens is 327 g/mol. The standard InChI is InChI=1S/C15H14ClFN2O2S/c16-15-8-7-14(9-18-15)22(20,21)19(13-5-6-13)10-11-1-3-12(17)4-2-11/h1-4,7-9,13H,5-6,10H2. The second kappa shape index (κ2) is 5.95. The highest BCUT2D eigenvalue weighted by molar-refractivity contribution is 7.89. The van der Waals surface area contributed by atoms with Gasteiger partial charge in [-0.05, 0) is 42.7 Å². The van der Waals surface area contributed by atoms with Crippen LogP contribution in [0.25, 0.3) is 0 Å². The average molecular weight is 341 g/mol. The monoisotopic (exact) mass is 340 g/mol. The van der Waals surface area contributed by atoms with Crippen LogP contribution in [0.2, 0.25) is 5.15 Å². The van der Waals surface area contributed by atoms with Crippen molar-refractivity contribution >= 4 is 21.6 Å². The molecule has 1 aliphatic carbocycles. The summed E-state index contributed by atoms with van der Waals surface area (Å²) in [7, 11) is -3.64. The van der Waals surface area contributed by atoms with E-state index in [0.717, 1.165) is 18.4 Å². The second-order valence-corrected chi connectivity index (χ2v) is 7.50. The highest BCUT2D eigenvalue weighted by Gasteiger charge is 2.38. The van der Waals surface area contributed by atoms with Gasteiger partial charge in [0.15, 0.2) is 0 Å². The quantitative estimate of drug-likeness (QED) is 0.785. The third-order valence-electron chi connectivity index (χ3n) is 3.51. The SMILES string of the molecule is O=S(=O)(c1ccc(Cl)nc1)N(Cc1ccc(F)cc1)C1CC1. The highest BCUT2D eigenvalue weighted by atomic mass is 35.5. The minimum atomic E-state index is -3.64. The maximum Gasteiger partial charge on any atom is 0.245 e. The number of benzene rings is 1. The highest BCUT2D eigenvalue weighted by Crippen LogP contribution is 2.33. The Hall–Kier alpha value is -1.50. The van der Waals surface area contributed by atoms with Crippen LogP contribution < -0.4 is 0 Å². The Bertz CT molecular complexity index is 759. The van der Waals surface area contributed by atoms with Gasteiger partial charge in [-0.15, -0.1) is 0 Å². The molecule has 0 bridgehead atoms. The molecule has 116 valence electrons. The van der Waals surface area contributed by atoms with Crippen molar-refractivity contribution in [3.63, 3.8) is 0 Å². The van der Waals surface area contributed by atoms with Crippen molar-refractivity contribution in [3.8, 4) is 0 Å². The van der Waals surface area contributed by atoms with E-state index in [0.29, 0.717) is 0 Å². The van der Waals surface area contributed by atoms with Gasteiger partial charge >= 0.3 is 0 Å². The maximum absolute atomic E-state index is 13.0. The van der Waals surface area contributed by atoms with Gasteiger partial charge in [0, 0.05) is 18.8 Å². The van der Waals surface area contributed by atoms with Crippen molar-refractivity contribution < 1.29 is 12.8 Å². The van der Waals surface area contributed by atoms with Gasteiger partial charge in [0.1, 0.15) is 15.9 Å². The van der Waals surface area contributed by atoms with E-state index in [1.165, 1.54) is 34.8 Å². The Balaban J connectivity index is 1.90. The average Bonchev–Trinajstić information content (AvgIpc) is 3.31. The largest absolute Gasteiger partial charge is 0.245 e. The molecule has 0 unspecified atom stereocenters. The number of sulfonamides is 1. The summed E-state index contributed by atoms with van der Waals surface area (Å²) in [4.78, 5) is 3.95. The van der Waals surface area contributed by atoms with Crippen molar-refractivity contribution in [1.82, 2.24) is 9.29 Å². The third-order valence-corrected chi connectivity index (χ3v) is 5.62. The predicted octanol–water partition coefficient (Wildman–Crippen LogP) is 3.23. The van der Waals surface area contributed by atoms with E-state index in [2.05, 4.69) is 4.98 Å². The summed E-state index contributed by atoms with van der Waals surface area (Å²) < 4.78 is 40.0. The van der Waals surface area contributed by atoms with Crippen LogP contribution in [0, 0.1) is 5.82 Å². The number of aromatic nitrogens is 1. The van der Waals surface area contributed by atoms with Gasteiger partial charge in [-0.3, -0.25) is 0 Å². The van der Waals surface area contributed by atoms with E-state index < -0.39 is 10.0 Å². The molecule has 1 aliphatic rings. The lowest BCUT2D eigenvalue weighted by Crippen LogP contribution is -2.32. The fourth-order valence-corrected chi connectivity index (χ4v) is 3.92. The van der Waals surface area contributed by atoms with E-state index >= 15 is 0 Å². The first-order chi connectivity index (χ1) is 10.5. The predicted molar refractivity (Wildman–Crippen MR) is 81.4 cm³/mol. The number of hydrogen-bond acceptors (Lipinski definition) is 3. The molecule has 1 fully saturated rings. The molecule has 7 heteroatoms. The van der Waals surface area contributed by atoms with E-state index in [1.807, 2.05) is 0 Å². The van der Waals surface area contributed by atoms with Gasteiger partial charge in [0.2, 0.25) is 10.0 Å². The maximum atomic E-state index is 13.0. The molecule has 1 aromatic heterocycles. The Morgan fingerprint density at radius 1 is 1.18 bits per heavy atom. The minimum Gasteiger partial charge on any atom is -0.243 e. The second-order valence-electron chi connectivity index (χ2n) is 5.22. The Labute approximate surface area is 133 Å². The smallest absolute Gasteiger partial charge is 0.243 e. The first-order valence-corrected chi connectivity index (χ1v) is 8.66. The molecule has 3 rings (SSSR count). The van der Waals surface area contributed by atoms with Gasteiger partial charge in [-0.2, -0.15) is 4.31 Å². The molecule has 0 N–H and O–H groups in total. The fraction of sp³-hybridized carbons (Fsp3) is 0.267. The summed E-state index contributed by atoms with van der Waals surface area (Å²) in [5.74, 6) is -0.341. The molecule has 0 radical (unpaired) electrons. The van der Waals surface area contributed by atoms with Crippen LogP contribution in [-0.2, 0) is 16.6 Å². The summed E-state index contributed by atoms with van der Waals surface area (Å²) in [5, 5.41) is 0.246. The fourth-order valence-electron chi connectivity index (χ4n) is 2.19. The molecule has 0 aliphatic heterocycles. The summed E-state index contributed by atoms with van der Waals surface area (Å²) in [6, 6.07) is 8.75. The lowest BCUT2D eigenvalue weighted by molar-refractivity contribution is 0.398. The summed E-state index contributed by atoms with van der Waals surface area (Å²) in [6.07, 6.45) is 2.93. The van der Waals surface area contributed by atoms with Gasteiger partial charge in [-0.1, -0.05) is 23.7 Å². The van der Waals surface area contributed by atoms with Gasteiger partial charge < -0.3 is 0 Å². The molecule has 1 aromatic carbocycles. The summed E-state index contributed by atoms with van der Waals surface area (Å²) >= 11 is 5.71. The van der Waals surface area contributed by atoms with E-state index in [4.69, 9.17) is 11.6 Å². The van der Waals surface area contributed by atoms with Gasteiger partial charge in [0.25, 0.3) is 0 Å². The molecule has 1 saturated carbocycles. The zero-order valence-corrected chi connectivity index (χ0v) is 13.2. The number of nitrogens with zero attached hydrogens (tertiary/aromatic N) is 2. The Morgan fingerprint density at radius 3 is 2.41 bits per heavy atom. The van der Waals surface area contributed by atoms with Crippen LogP contribution in [0.1, 0.15) is 18.4 Å². The first kappa shape index (κ1) is 15.4. The molecule has 0 spiro atoms. The summed E-state index contributed by atoms with van der Waals surface area (Å²) in [6.45, 7) is 0.218. The summed E-state index contributed by atoms with van der Waals surface area (Å²) in [5.41, 5.74) is 0.749. The van der Waals surface area contributed by atoms with Crippen molar-refractivity contribution in [1.29, 1.82) is 0 Å². The topological polar surface area (TPSA) is 50.3 Å². The first-order valence-electron chi connectivity index (χ1n) is 6.85. The molecule has 4 nitrogen and oxygen atoms in total. The molecular formula is C15H14ClFN2O2S. The van der Waals surface area contributed by atoms with Crippen LogP contribution in [0.4, 0.5) is 4.39 Å². The molecule has 2 aromatic rings. The van der Waals surface area contributed by atoms with E-state index in [1.54, 1.807) is 12.1 Å². The number of pyridine rings is 1. The van der Waals surface area contributed by atoms with Crippen molar-refractivity contribution in [2.45, 2.75) is 30.3 Å². The lowest BCUT2D eigenvalue weighted by Gasteiger charge is -2.22. The van der Waals surface area contributed by atoms with Crippen LogP contribution in [0.5, 0.6) is 0 Å². The van der Waals surface area contributed by atoms with Gasteiger partial charge in [-0.25, -0.2) is 17.8 Å². The van der Waals surface area contributed by atoms with Crippen molar-refractivity contribution in [3.05, 3.63) is 59.1 Å². The van der Waals surface area contributed by atoms with E-state index in [9.17, 15) is 12.8 Å². The van der Waals surface area contributed by atoms with Crippen LogP contribution in [0.15, 0.2) is 47.5 Å². The van der Waals surface area contributed by atoms with Crippen LogP contribution >= 0.6 is 11.6 Å². The lowest BCUT2D eigenvalue weighted by atomic mass is 10.2. The third kappa shape index (κ3) is 3.29. The van der Waals surface area contributed by atoms with Crippen LogP contribution in [0.3, 0.4) is 0 Å². The molecule has 0 atom stereocenters. The molecule has 22 heavy (non-hydrogen) atoms. The molecule has 0 amide bonds.